The lowest BCUT2D eigenvalue weighted by molar-refractivity contribution is -0.191. The van der Waals surface area contributed by atoms with Gasteiger partial charge in [-0.2, -0.15) is 0 Å². The number of hydrogen-bond acceptors (Lipinski definition) is 4. The van der Waals surface area contributed by atoms with E-state index < -0.39 is 11.8 Å². The molecular weight excluding hydrogens is 186 g/mol. The Bertz CT molecular complexity index is 211. The van der Waals surface area contributed by atoms with Crippen LogP contribution in [-0.4, -0.2) is 53.1 Å². The van der Waals surface area contributed by atoms with Gasteiger partial charge in [0.15, 0.2) is 5.79 Å². The first kappa shape index (κ1) is 11.4. The van der Waals surface area contributed by atoms with Crippen molar-refractivity contribution in [1.29, 1.82) is 0 Å². The van der Waals surface area contributed by atoms with Gasteiger partial charge in [-0.05, 0) is 19.8 Å². The van der Waals surface area contributed by atoms with Crippen molar-refractivity contribution in [1.82, 2.24) is 4.90 Å². The number of hydrogen-bond donors (Lipinski definition) is 2. The van der Waals surface area contributed by atoms with Crippen LogP contribution in [0.15, 0.2) is 0 Å². The lowest BCUT2D eigenvalue weighted by atomic mass is 10.1. The number of methoxy groups -OCH3 is 1. The van der Waals surface area contributed by atoms with Crippen molar-refractivity contribution in [3.8, 4) is 0 Å². The molecule has 1 aliphatic rings. The van der Waals surface area contributed by atoms with Crippen molar-refractivity contribution >= 4 is 5.91 Å². The Morgan fingerprint density at radius 3 is 2.79 bits per heavy atom. The molecule has 5 nitrogen and oxygen atoms in total. The minimum Gasteiger partial charge on any atom is -0.375 e. The van der Waals surface area contributed by atoms with Crippen LogP contribution in [0.2, 0.25) is 0 Å². The van der Waals surface area contributed by atoms with E-state index in [1.807, 2.05) is 0 Å². The van der Waals surface area contributed by atoms with Gasteiger partial charge in [0, 0.05) is 13.7 Å². The average Bonchev–Trinajstić information content (AvgIpc) is 2.50. The summed E-state index contributed by atoms with van der Waals surface area (Å²) in [5.41, 5.74) is 0. The number of likely N-dealkylation sites (tertiary alicyclic amines) is 1. The zero-order valence-electron chi connectivity index (χ0n) is 8.56. The van der Waals surface area contributed by atoms with Crippen molar-refractivity contribution in [3.63, 3.8) is 0 Å². The zero-order chi connectivity index (χ0) is 10.8. The first-order valence-corrected chi connectivity index (χ1v) is 4.70. The largest absolute Gasteiger partial charge is 0.375 e. The molecule has 1 amide bonds. The van der Waals surface area contributed by atoms with Gasteiger partial charge in [-0.25, -0.2) is 0 Å². The van der Waals surface area contributed by atoms with E-state index in [1.165, 1.54) is 18.9 Å². The average molecular weight is 203 g/mol. The second-order valence-corrected chi connectivity index (χ2v) is 3.77. The summed E-state index contributed by atoms with van der Waals surface area (Å²) in [6, 6.07) is -0.509. The first-order valence-electron chi connectivity index (χ1n) is 4.70. The second-order valence-electron chi connectivity index (χ2n) is 3.77. The van der Waals surface area contributed by atoms with Gasteiger partial charge in [-0.3, -0.25) is 4.79 Å². The minimum absolute atomic E-state index is 0.00736. The summed E-state index contributed by atoms with van der Waals surface area (Å²) >= 11 is 0. The molecule has 2 N–H and O–H groups in total. The van der Waals surface area contributed by atoms with Crippen LogP contribution in [-0.2, 0) is 9.53 Å². The maximum Gasteiger partial charge on any atom is 0.248 e. The van der Waals surface area contributed by atoms with Crippen molar-refractivity contribution in [2.45, 2.75) is 31.6 Å². The molecule has 0 aliphatic carbocycles. The Balaban J connectivity index is 2.64. The molecule has 1 fully saturated rings. The molecule has 1 aliphatic heterocycles. The van der Waals surface area contributed by atoms with E-state index in [9.17, 15) is 15.0 Å². The van der Waals surface area contributed by atoms with Crippen LogP contribution < -0.4 is 0 Å². The van der Waals surface area contributed by atoms with E-state index in [0.29, 0.717) is 13.0 Å². The second kappa shape index (κ2) is 4.25. The minimum atomic E-state index is -1.82. The number of aliphatic hydroxyl groups is 2. The fourth-order valence-electron chi connectivity index (χ4n) is 1.84. The van der Waals surface area contributed by atoms with E-state index in [2.05, 4.69) is 0 Å². The Labute approximate surface area is 83.3 Å². The van der Waals surface area contributed by atoms with E-state index in [-0.39, 0.29) is 12.5 Å². The summed E-state index contributed by atoms with van der Waals surface area (Å²) in [6.07, 6.45) is 1.43. The molecule has 1 rings (SSSR count). The van der Waals surface area contributed by atoms with Gasteiger partial charge in [0.1, 0.15) is 6.61 Å². The third-order valence-corrected chi connectivity index (χ3v) is 2.47. The first-order chi connectivity index (χ1) is 6.46. The molecule has 0 radical (unpaired) electrons. The summed E-state index contributed by atoms with van der Waals surface area (Å²) in [7, 11) is 1.44. The van der Waals surface area contributed by atoms with Crippen LogP contribution in [0.4, 0.5) is 0 Å². The summed E-state index contributed by atoms with van der Waals surface area (Å²) in [6.45, 7) is 1.87. The third-order valence-electron chi connectivity index (χ3n) is 2.47. The predicted molar refractivity (Wildman–Crippen MR) is 49.5 cm³/mol. The van der Waals surface area contributed by atoms with E-state index >= 15 is 0 Å². The predicted octanol–water partition coefficient (Wildman–Crippen LogP) is -0.675. The van der Waals surface area contributed by atoms with Gasteiger partial charge >= 0.3 is 0 Å². The highest BCUT2D eigenvalue weighted by Gasteiger charge is 2.39. The third kappa shape index (κ3) is 2.43. The van der Waals surface area contributed by atoms with Crippen molar-refractivity contribution < 1.29 is 19.7 Å². The number of ether oxygens (including phenoxy) is 1. The Hall–Kier alpha value is -0.650. The molecule has 0 aromatic carbocycles. The number of amides is 1. The van der Waals surface area contributed by atoms with Crippen LogP contribution >= 0.6 is 0 Å². The zero-order valence-corrected chi connectivity index (χ0v) is 8.56. The normalized spacial score (nSPS) is 22.9. The molecule has 0 saturated carbocycles. The highest BCUT2D eigenvalue weighted by atomic mass is 16.5. The Morgan fingerprint density at radius 2 is 2.29 bits per heavy atom. The van der Waals surface area contributed by atoms with E-state index in [4.69, 9.17) is 4.74 Å². The van der Waals surface area contributed by atoms with Crippen LogP contribution in [0, 0.1) is 0 Å². The van der Waals surface area contributed by atoms with Crippen molar-refractivity contribution in [2.75, 3.05) is 20.3 Å². The van der Waals surface area contributed by atoms with Gasteiger partial charge in [-0.1, -0.05) is 0 Å². The number of rotatable bonds is 3. The summed E-state index contributed by atoms with van der Waals surface area (Å²) in [4.78, 5) is 13.0. The molecule has 1 heterocycles. The highest BCUT2D eigenvalue weighted by molar-refractivity contribution is 5.78. The fourth-order valence-corrected chi connectivity index (χ4v) is 1.84. The lowest BCUT2D eigenvalue weighted by Gasteiger charge is -2.32. The van der Waals surface area contributed by atoms with Crippen LogP contribution in [0.5, 0.6) is 0 Å². The van der Waals surface area contributed by atoms with Crippen LogP contribution in [0.25, 0.3) is 0 Å². The van der Waals surface area contributed by atoms with Crippen molar-refractivity contribution in [2.24, 2.45) is 0 Å². The van der Waals surface area contributed by atoms with Gasteiger partial charge in [0.25, 0.3) is 0 Å². The fraction of sp³-hybridized carbons (Fsp3) is 0.889. The van der Waals surface area contributed by atoms with Gasteiger partial charge < -0.3 is 19.8 Å². The summed E-state index contributed by atoms with van der Waals surface area (Å²) < 4.78 is 4.72. The number of carbonyl (C=O) groups excluding carboxylic acids is 1. The number of carbonyl (C=O) groups is 1. The monoisotopic (exact) mass is 203 g/mol. The summed E-state index contributed by atoms with van der Waals surface area (Å²) in [5, 5.41) is 18.9. The highest BCUT2D eigenvalue weighted by Crippen LogP contribution is 2.25. The molecule has 82 valence electrons. The molecule has 1 atom stereocenters. The SMILES string of the molecule is COCC(=O)N1CCCC1C(C)(O)O. The Kier molecular flexibility index (Phi) is 3.47. The molecule has 5 heteroatoms. The van der Waals surface area contributed by atoms with Gasteiger partial charge in [0.2, 0.25) is 5.91 Å². The molecular formula is C9H17NO4. The molecule has 0 aromatic rings. The lowest BCUT2D eigenvalue weighted by Crippen LogP contribution is -2.50. The molecule has 0 bridgehead atoms. The molecule has 14 heavy (non-hydrogen) atoms. The maximum atomic E-state index is 11.5. The topological polar surface area (TPSA) is 70.0 Å². The standard InChI is InChI=1S/C9H17NO4/c1-9(12,13)7-4-3-5-10(7)8(11)6-14-2/h7,12-13H,3-6H2,1-2H3. The smallest absolute Gasteiger partial charge is 0.248 e. The van der Waals surface area contributed by atoms with Crippen molar-refractivity contribution in [3.05, 3.63) is 0 Å². The van der Waals surface area contributed by atoms with E-state index in [1.54, 1.807) is 0 Å². The molecule has 0 spiro atoms. The van der Waals surface area contributed by atoms with Gasteiger partial charge in [0.05, 0.1) is 6.04 Å². The summed E-state index contributed by atoms with van der Waals surface area (Å²) in [5.74, 6) is -2.01. The quantitative estimate of drug-likeness (QED) is 0.596. The molecule has 1 saturated heterocycles. The van der Waals surface area contributed by atoms with Gasteiger partial charge in [-0.15, -0.1) is 0 Å². The number of nitrogens with zero attached hydrogens (tertiary/aromatic N) is 1. The molecule has 0 aromatic heterocycles. The Morgan fingerprint density at radius 1 is 1.64 bits per heavy atom. The molecule has 1 unspecified atom stereocenters. The van der Waals surface area contributed by atoms with E-state index in [0.717, 1.165) is 6.42 Å². The van der Waals surface area contributed by atoms with Crippen LogP contribution in [0.1, 0.15) is 19.8 Å². The van der Waals surface area contributed by atoms with Crippen LogP contribution in [0.3, 0.4) is 0 Å². The maximum absolute atomic E-state index is 11.5.